The average Bonchev–Trinajstić information content (AvgIpc) is 2.63. The summed E-state index contributed by atoms with van der Waals surface area (Å²) in [5.41, 5.74) is 6.81. The molecule has 0 saturated heterocycles. The van der Waals surface area contributed by atoms with Crippen LogP contribution in [0.1, 0.15) is 6.42 Å². The summed E-state index contributed by atoms with van der Waals surface area (Å²) < 4.78 is 0. The van der Waals surface area contributed by atoms with Crippen LogP contribution < -0.4 is 16.4 Å². The van der Waals surface area contributed by atoms with Gasteiger partial charge in [-0.1, -0.05) is 23.8 Å². The Kier molecular flexibility index (Phi) is 5.49. The molecule has 0 atom stereocenters. The molecule has 0 saturated carbocycles. The first-order valence-electron chi connectivity index (χ1n) is 4.89. The maximum atomic E-state index is 5.34. The van der Waals surface area contributed by atoms with E-state index < -0.39 is 0 Å². The zero-order valence-corrected chi connectivity index (χ0v) is 8.05. The van der Waals surface area contributed by atoms with Crippen LogP contribution in [0.4, 0.5) is 0 Å². The highest BCUT2D eigenvalue weighted by molar-refractivity contribution is 5.23. The van der Waals surface area contributed by atoms with E-state index in [-0.39, 0.29) is 0 Å². The smallest absolute Gasteiger partial charge is 0.0171 e. The van der Waals surface area contributed by atoms with Crippen molar-refractivity contribution in [2.75, 3.05) is 32.7 Å². The van der Waals surface area contributed by atoms with E-state index in [1.165, 1.54) is 5.57 Å². The van der Waals surface area contributed by atoms with Crippen LogP contribution in [0.3, 0.4) is 0 Å². The van der Waals surface area contributed by atoms with Gasteiger partial charge in [-0.2, -0.15) is 0 Å². The van der Waals surface area contributed by atoms with Crippen molar-refractivity contribution in [1.29, 1.82) is 0 Å². The van der Waals surface area contributed by atoms with Crippen LogP contribution >= 0.6 is 0 Å². The van der Waals surface area contributed by atoms with Crippen LogP contribution in [0.5, 0.6) is 0 Å². The molecule has 0 unspecified atom stereocenters. The molecular formula is C10H19N3. The number of hydrogen-bond donors (Lipinski definition) is 3. The normalized spacial score (nSPS) is 15.0. The van der Waals surface area contributed by atoms with Crippen LogP contribution in [0.25, 0.3) is 0 Å². The van der Waals surface area contributed by atoms with E-state index in [9.17, 15) is 0 Å². The Bertz CT molecular complexity index is 185. The third-order valence-corrected chi connectivity index (χ3v) is 2.00. The molecule has 0 aliphatic heterocycles. The third kappa shape index (κ3) is 4.83. The van der Waals surface area contributed by atoms with E-state index in [2.05, 4.69) is 28.9 Å². The predicted molar refractivity (Wildman–Crippen MR) is 56.6 cm³/mol. The summed E-state index contributed by atoms with van der Waals surface area (Å²) in [6, 6.07) is 0. The minimum atomic E-state index is 0.717. The highest BCUT2D eigenvalue weighted by Gasteiger charge is 1.97. The molecule has 0 spiro atoms. The molecule has 4 N–H and O–H groups in total. The first-order chi connectivity index (χ1) is 6.43. The first-order valence-corrected chi connectivity index (χ1v) is 4.89. The van der Waals surface area contributed by atoms with E-state index >= 15 is 0 Å². The molecular weight excluding hydrogens is 162 g/mol. The second kappa shape index (κ2) is 6.83. The lowest BCUT2D eigenvalue weighted by atomic mass is 10.2. The van der Waals surface area contributed by atoms with Gasteiger partial charge >= 0.3 is 0 Å². The summed E-state index contributed by atoms with van der Waals surface area (Å²) >= 11 is 0. The fraction of sp³-hybridized carbons (Fsp3) is 0.600. The zero-order valence-electron chi connectivity index (χ0n) is 8.05. The van der Waals surface area contributed by atoms with Crippen LogP contribution in [0, 0.1) is 0 Å². The molecule has 0 aromatic heterocycles. The highest BCUT2D eigenvalue weighted by Crippen LogP contribution is 2.07. The van der Waals surface area contributed by atoms with E-state index in [1.54, 1.807) is 0 Å². The van der Waals surface area contributed by atoms with Gasteiger partial charge in [-0.3, -0.25) is 0 Å². The van der Waals surface area contributed by atoms with Crippen LogP contribution in [0.2, 0.25) is 0 Å². The lowest BCUT2D eigenvalue weighted by molar-refractivity contribution is 0.632. The summed E-state index contributed by atoms with van der Waals surface area (Å²) in [6.45, 7) is 4.65. The van der Waals surface area contributed by atoms with E-state index in [1.807, 2.05) is 0 Å². The molecule has 1 aliphatic rings. The Balaban J connectivity index is 1.84. The van der Waals surface area contributed by atoms with Gasteiger partial charge in [0.15, 0.2) is 0 Å². The summed E-state index contributed by atoms with van der Waals surface area (Å²) in [4.78, 5) is 0. The van der Waals surface area contributed by atoms with Crippen molar-refractivity contribution in [3.8, 4) is 0 Å². The highest BCUT2D eigenvalue weighted by atomic mass is 14.9. The van der Waals surface area contributed by atoms with E-state index in [4.69, 9.17) is 5.73 Å². The molecule has 74 valence electrons. The summed E-state index contributed by atoms with van der Waals surface area (Å²) in [5, 5.41) is 6.61. The Morgan fingerprint density at radius 1 is 1.23 bits per heavy atom. The van der Waals surface area contributed by atoms with Crippen molar-refractivity contribution in [3.05, 3.63) is 23.8 Å². The number of rotatable bonds is 7. The molecule has 1 rings (SSSR count). The van der Waals surface area contributed by atoms with Gasteiger partial charge in [0.25, 0.3) is 0 Å². The molecule has 0 amide bonds. The first kappa shape index (κ1) is 10.4. The van der Waals surface area contributed by atoms with Gasteiger partial charge in [0.05, 0.1) is 0 Å². The standard InChI is InChI=1S/C10H19N3/c11-5-6-12-7-8-13-9-10-3-1-2-4-10/h1-3,12-13H,4-9,11H2. The maximum absolute atomic E-state index is 5.34. The average molecular weight is 181 g/mol. The van der Waals surface area contributed by atoms with Gasteiger partial charge in [-0.25, -0.2) is 0 Å². The number of nitrogens with two attached hydrogens (primary N) is 1. The van der Waals surface area contributed by atoms with Gasteiger partial charge in [0, 0.05) is 32.7 Å². The van der Waals surface area contributed by atoms with Crippen LogP contribution in [0.15, 0.2) is 23.8 Å². The summed E-state index contributed by atoms with van der Waals surface area (Å²) in [6.07, 6.45) is 7.59. The Hall–Kier alpha value is -0.640. The Labute approximate surface area is 80.1 Å². The van der Waals surface area contributed by atoms with Crippen molar-refractivity contribution < 1.29 is 0 Å². The second-order valence-corrected chi connectivity index (χ2v) is 3.17. The summed E-state index contributed by atoms with van der Waals surface area (Å²) in [5.74, 6) is 0. The molecule has 0 heterocycles. The van der Waals surface area contributed by atoms with E-state index in [0.717, 1.165) is 39.1 Å². The minimum absolute atomic E-state index is 0.717. The predicted octanol–water partition coefficient (Wildman–Crippen LogP) is 0.0106. The topological polar surface area (TPSA) is 50.1 Å². The molecule has 1 aliphatic carbocycles. The fourth-order valence-corrected chi connectivity index (χ4v) is 1.28. The van der Waals surface area contributed by atoms with Gasteiger partial charge in [-0.05, 0) is 6.42 Å². The maximum Gasteiger partial charge on any atom is 0.0171 e. The number of allylic oxidation sites excluding steroid dienone is 3. The van der Waals surface area contributed by atoms with Gasteiger partial charge in [0.2, 0.25) is 0 Å². The molecule has 13 heavy (non-hydrogen) atoms. The molecule has 0 fully saturated rings. The second-order valence-electron chi connectivity index (χ2n) is 3.17. The molecule has 0 aromatic rings. The van der Waals surface area contributed by atoms with Crippen molar-refractivity contribution in [2.45, 2.75) is 6.42 Å². The largest absolute Gasteiger partial charge is 0.329 e. The molecule has 0 radical (unpaired) electrons. The molecule has 0 aromatic carbocycles. The summed E-state index contributed by atoms with van der Waals surface area (Å²) in [7, 11) is 0. The van der Waals surface area contributed by atoms with Crippen molar-refractivity contribution in [2.24, 2.45) is 5.73 Å². The quantitative estimate of drug-likeness (QED) is 0.485. The lowest BCUT2D eigenvalue weighted by Crippen LogP contribution is -2.31. The lowest BCUT2D eigenvalue weighted by Gasteiger charge is -2.05. The molecule has 3 heteroatoms. The monoisotopic (exact) mass is 181 g/mol. The van der Waals surface area contributed by atoms with Gasteiger partial charge in [-0.15, -0.1) is 0 Å². The van der Waals surface area contributed by atoms with Crippen molar-refractivity contribution in [1.82, 2.24) is 10.6 Å². The fourth-order valence-electron chi connectivity index (χ4n) is 1.28. The minimum Gasteiger partial charge on any atom is -0.329 e. The third-order valence-electron chi connectivity index (χ3n) is 2.00. The Morgan fingerprint density at radius 2 is 2.08 bits per heavy atom. The molecule has 0 bridgehead atoms. The SMILES string of the molecule is NCCNCCNCC1=CC=CC1. The Morgan fingerprint density at radius 3 is 2.77 bits per heavy atom. The van der Waals surface area contributed by atoms with E-state index in [0.29, 0.717) is 0 Å². The number of hydrogen-bond acceptors (Lipinski definition) is 3. The van der Waals surface area contributed by atoms with Gasteiger partial charge < -0.3 is 16.4 Å². The van der Waals surface area contributed by atoms with Crippen molar-refractivity contribution in [3.63, 3.8) is 0 Å². The van der Waals surface area contributed by atoms with Gasteiger partial charge in [0.1, 0.15) is 0 Å². The number of nitrogens with one attached hydrogen (secondary N) is 2. The van der Waals surface area contributed by atoms with Crippen LogP contribution in [-0.2, 0) is 0 Å². The van der Waals surface area contributed by atoms with Crippen LogP contribution in [-0.4, -0.2) is 32.7 Å². The molecule has 3 nitrogen and oxygen atoms in total. The van der Waals surface area contributed by atoms with Crippen molar-refractivity contribution >= 4 is 0 Å². The zero-order chi connectivity index (χ0) is 9.36.